The highest BCUT2D eigenvalue weighted by atomic mass is 16.7. The molecule has 0 spiro atoms. The first-order valence-corrected chi connectivity index (χ1v) is 9.20. The van der Waals surface area contributed by atoms with Gasteiger partial charge in [-0.2, -0.15) is 0 Å². The number of aromatic nitrogens is 1. The molecule has 2 aliphatic heterocycles. The molecule has 0 saturated carbocycles. The van der Waals surface area contributed by atoms with Crippen molar-refractivity contribution in [1.82, 2.24) is 9.88 Å². The lowest BCUT2D eigenvalue weighted by atomic mass is 10.1. The van der Waals surface area contributed by atoms with Gasteiger partial charge in [-0.25, -0.2) is 0 Å². The van der Waals surface area contributed by atoms with Gasteiger partial charge in [-0.1, -0.05) is 5.16 Å². The van der Waals surface area contributed by atoms with E-state index in [0.717, 1.165) is 30.1 Å². The highest BCUT2D eigenvalue weighted by Crippen LogP contribution is 2.32. The molecular formula is C20H22N4O4. The number of hydrogen-bond donors (Lipinski definition) is 0. The summed E-state index contributed by atoms with van der Waals surface area (Å²) in [4.78, 5) is 25.8. The predicted molar refractivity (Wildman–Crippen MR) is 104 cm³/mol. The van der Waals surface area contributed by atoms with Gasteiger partial charge in [0.25, 0.3) is 5.91 Å². The maximum absolute atomic E-state index is 12.4. The van der Waals surface area contributed by atoms with Crippen LogP contribution >= 0.6 is 0 Å². The minimum Gasteiger partial charge on any atom is -0.454 e. The second-order valence-corrected chi connectivity index (χ2v) is 6.59. The Kier molecular flexibility index (Phi) is 5.27. The van der Waals surface area contributed by atoms with E-state index in [-0.39, 0.29) is 19.3 Å². The van der Waals surface area contributed by atoms with E-state index in [9.17, 15) is 4.79 Å². The van der Waals surface area contributed by atoms with E-state index in [1.807, 2.05) is 42.2 Å². The number of oxime groups is 1. The molecule has 0 bridgehead atoms. The van der Waals surface area contributed by atoms with Crippen LogP contribution in [0.2, 0.25) is 0 Å². The van der Waals surface area contributed by atoms with Crippen LogP contribution in [0.4, 0.5) is 5.69 Å². The second-order valence-electron chi connectivity index (χ2n) is 6.59. The van der Waals surface area contributed by atoms with Crippen molar-refractivity contribution in [2.45, 2.75) is 6.92 Å². The Morgan fingerprint density at radius 1 is 1.11 bits per heavy atom. The summed E-state index contributed by atoms with van der Waals surface area (Å²) in [5.74, 6) is 1.35. The molecule has 1 fully saturated rings. The van der Waals surface area contributed by atoms with Gasteiger partial charge in [-0.05, 0) is 37.3 Å². The van der Waals surface area contributed by atoms with E-state index in [2.05, 4.69) is 15.0 Å². The van der Waals surface area contributed by atoms with Gasteiger partial charge in [-0.15, -0.1) is 0 Å². The maximum atomic E-state index is 12.4. The Balaban J connectivity index is 1.26. The zero-order chi connectivity index (χ0) is 19.3. The fourth-order valence-corrected chi connectivity index (χ4v) is 3.22. The average Bonchev–Trinajstić information content (AvgIpc) is 3.22. The van der Waals surface area contributed by atoms with Crippen LogP contribution in [-0.4, -0.2) is 61.1 Å². The molecule has 8 nitrogen and oxygen atoms in total. The molecule has 3 heterocycles. The normalized spacial score (nSPS) is 16.2. The van der Waals surface area contributed by atoms with Crippen molar-refractivity contribution in [2.75, 3.05) is 44.5 Å². The Hall–Kier alpha value is -3.29. The van der Waals surface area contributed by atoms with Crippen LogP contribution in [0.5, 0.6) is 11.5 Å². The van der Waals surface area contributed by atoms with Crippen LogP contribution in [0.3, 0.4) is 0 Å². The Morgan fingerprint density at radius 3 is 2.64 bits per heavy atom. The summed E-state index contributed by atoms with van der Waals surface area (Å²) in [6.07, 6.45) is 3.56. The van der Waals surface area contributed by atoms with Crippen molar-refractivity contribution in [3.8, 4) is 11.5 Å². The fraction of sp³-hybridized carbons (Fsp3) is 0.350. The van der Waals surface area contributed by atoms with Crippen LogP contribution < -0.4 is 14.4 Å². The first kappa shape index (κ1) is 18.1. The molecule has 1 aromatic heterocycles. The molecule has 8 heteroatoms. The summed E-state index contributed by atoms with van der Waals surface area (Å²) in [6, 6.07) is 9.53. The smallest absolute Gasteiger partial charge is 0.263 e. The standard InChI is InChI=1S/C20H22N4O4/c1-15(16-2-3-18-19(12-16)27-14-26-18)22-28-13-20(25)24-10-8-23(9-11-24)17-4-6-21-7-5-17/h2-7,12H,8-11,13-14H2,1H3/b22-15-. The maximum Gasteiger partial charge on any atom is 0.263 e. The van der Waals surface area contributed by atoms with Gasteiger partial charge < -0.3 is 24.1 Å². The van der Waals surface area contributed by atoms with Crippen molar-refractivity contribution in [3.05, 3.63) is 48.3 Å². The molecule has 1 amide bonds. The molecule has 28 heavy (non-hydrogen) atoms. The highest BCUT2D eigenvalue weighted by molar-refractivity contribution is 5.99. The lowest BCUT2D eigenvalue weighted by molar-refractivity contribution is -0.136. The lowest BCUT2D eigenvalue weighted by Crippen LogP contribution is -2.49. The van der Waals surface area contributed by atoms with Crippen molar-refractivity contribution in [3.63, 3.8) is 0 Å². The number of carbonyl (C=O) groups excluding carboxylic acids is 1. The molecule has 1 saturated heterocycles. The highest BCUT2D eigenvalue weighted by Gasteiger charge is 2.21. The minimum atomic E-state index is -0.0723. The molecule has 0 aliphatic carbocycles. The topological polar surface area (TPSA) is 76.5 Å². The van der Waals surface area contributed by atoms with Crippen LogP contribution in [0.15, 0.2) is 47.9 Å². The first-order chi connectivity index (χ1) is 13.7. The van der Waals surface area contributed by atoms with Crippen molar-refractivity contribution in [1.29, 1.82) is 0 Å². The summed E-state index contributed by atoms with van der Waals surface area (Å²) in [7, 11) is 0. The van der Waals surface area contributed by atoms with Crippen LogP contribution in [-0.2, 0) is 9.63 Å². The number of hydrogen-bond acceptors (Lipinski definition) is 7. The summed E-state index contributed by atoms with van der Waals surface area (Å²) in [5, 5.41) is 4.07. The van der Waals surface area contributed by atoms with Gasteiger partial charge in [0.2, 0.25) is 6.79 Å². The van der Waals surface area contributed by atoms with E-state index in [0.29, 0.717) is 24.6 Å². The van der Waals surface area contributed by atoms with E-state index < -0.39 is 0 Å². The number of fused-ring (bicyclic) bond motifs is 1. The Labute approximate surface area is 163 Å². The zero-order valence-corrected chi connectivity index (χ0v) is 15.7. The number of pyridine rings is 1. The third-order valence-electron chi connectivity index (χ3n) is 4.84. The number of carbonyl (C=O) groups is 1. The van der Waals surface area contributed by atoms with E-state index in [4.69, 9.17) is 14.3 Å². The van der Waals surface area contributed by atoms with Crippen LogP contribution in [0, 0.1) is 0 Å². The minimum absolute atomic E-state index is 0.0587. The van der Waals surface area contributed by atoms with Gasteiger partial charge >= 0.3 is 0 Å². The molecule has 2 aromatic rings. The first-order valence-electron chi connectivity index (χ1n) is 9.20. The van der Waals surface area contributed by atoms with Gasteiger partial charge in [0.1, 0.15) is 0 Å². The Bertz CT molecular complexity index is 864. The molecule has 0 atom stereocenters. The number of amides is 1. The SMILES string of the molecule is C/C(=N/OCC(=O)N1CCN(c2ccncc2)CC1)c1ccc2c(c1)OCO2. The molecule has 4 rings (SSSR count). The zero-order valence-electron chi connectivity index (χ0n) is 15.7. The molecular weight excluding hydrogens is 360 g/mol. The average molecular weight is 382 g/mol. The number of benzene rings is 1. The van der Waals surface area contributed by atoms with Gasteiger partial charge in [-0.3, -0.25) is 9.78 Å². The molecule has 0 radical (unpaired) electrons. The second kappa shape index (κ2) is 8.16. The summed E-state index contributed by atoms with van der Waals surface area (Å²) >= 11 is 0. The monoisotopic (exact) mass is 382 g/mol. The van der Waals surface area contributed by atoms with Crippen LogP contribution in [0.25, 0.3) is 0 Å². The lowest BCUT2D eigenvalue weighted by Gasteiger charge is -2.35. The Morgan fingerprint density at radius 2 is 1.86 bits per heavy atom. The third kappa shape index (κ3) is 4.00. The summed E-state index contributed by atoms with van der Waals surface area (Å²) in [6.45, 7) is 4.89. The number of anilines is 1. The van der Waals surface area contributed by atoms with Crippen LogP contribution in [0.1, 0.15) is 12.5 Å². The fourth-order valence-electron chi connectivity index (χ4n) is 3.22. The van der Waals surface area contributed by atoms with Crippen molar-refractivity contribution < 1.29 is 19.1 Å². The molecule has 1 aromatic carbocycles. The predicted octanol–water partition coefficient (Wildman–Crippen LogP) is 1.90. The van der Waals surface area contributed by atoms with Gasteiger partial charge in [0, 0.05) is 49.8 Å². The number of ether oxygens (including phenoxy) is 2. The largest absolute Gasteiger partial charge is 0.454 e. The molecule has 146 valence electrons. The number of piperazine rings is 1. The van der Waals surface area contributed by atoms with E-state index >= 15 is 0 Å². The van der Waals surface area contributed by atoms with E-state index in [1.165, 1.54) is 0 Å². The van der Waals surface area contributed by atoms with Crippen molar-refractivity contribution in [2.24, 2.45) is 5.16 Å². The van der Waals surface area contributed by atoms with Gasteiger partial charge in [0.05, 0.1) is 5.71 Å². The quantitative estimate of drug-likeness (QED) is 0.581. The summed E-state index contributed by atoms with van der Waals surface area (Å²) < 4.78 is 10.7. The molecule has 2 aliphatic rings. The van der Waals surface area contributed by atoms with Gasteiger partial charge in [0.15, 0.2) is 18.1 Å². The third-order valence-corrected chi connectivity index (χ3v) is 4.84. The van der Waals surface area contributed by atoms with Crippen molar-refractivity contribution >= 4 is 17.3 Å². The summed E-state index contributed by atoms with van der Waals surface area (Å²) in [5.41, 5.74) is 2.67. The number of nitrogens with zero attached hydrogens (tertiary/aromatic N) is 4. The number of rotatable bonds is 5. The molecule has 0 N–H and O–H groups in total. The van der Waals surface area contributed by atoms with E-state index in [1.54, 1.807) is 12.4 Å². The molecule has 0 unspecified atom stereocenters.